The van der Waals surface area contributed by atoms with E-state index in [1.165, 1.54) is 10.5 Å². The Balaban J connectivity index is 1.76. The number of hydrogen-bond acceptors (Lipinski definition) is 4. The van der Waals surface area contributed by atoms with Gasteiger partial charge in [-0.3, -0.25) is 0 Å². The number of piperazine rings is 1. The van der Waals surface area contributed by atoms with E-state index in [-0.39, 0.29) is 6.61 Å². The second kappa shape index (κ2) is 7.05. The molecular weight excluding hydrogens is 326 g/mol. The van der Waals surface area contributed by atoms with Gasteiger partial charge in [0.25, 0.3) is 0 Å². The third-order valence-corrected chi connectivity index (χ3v) is 5.42. The molecule has 2 N–H and O–H groups in total. The normalized spacial score (nSPS) is 15.7. The summed E-state index contributed by atoms with van der Waals surface area (Å²) in [6.45, 7) is 9.31. The molecule has 136 valence electrons. The van der Waals surface area contributed by atoms with Crippen LogP contribution in [0.25, 0.3) is 16.8 Å². The van der Waals surface area contributed by atoms with Gasteiger partial charge in [-0.2, -0.15) is 9.61 Å². The van der Waals surface area contributed by atoms with Gasteiger partial charge in [-0.25, -0.2) is 4.98 Å². The average Bonchev–Trinajstić information content (AvgIpc) is 3.08. The third-order valence-electron chi connectivity index (χ3n) is 5.42. The molecule has 3 heterocycles. The number of benzene rings is 1. The highest BCUT2D eigenvalue weighted by Gasteiger charge is 2.25. The summed E-state index contributed by atoms with van der Waals surface area (Å²) in [5.41, 5.74) is 5.36. The summed E-state index contributed by atoms with van der Waals surface area (Å²) in [5, 5.41) is 13.9. The number of nitrogens with zero attached hydrogens (tertiary/aromatic N) is 4. The maximum absolute atomic E-state index is 9.18. The number of aromatic nitrogens is 3. The molecule has 0 saturated carbocycles. The summed E-state index contributed by atoms with van der Waals surface area (Å²) in [4.78, 5) is 8.73. The van der Waals surface area contributed by atoms with Crippen molar-refractivity contribution in [2.45, 2.75) is 13.8 Å². The summed E-state index contributed by atoms with van der Waals surface area (Å²) in [7, 11) is 0. The van der Waals surface area contributed by atoms with E-state index < -0.39 is 0 Å². The summed E-state index contributed by atoms with van der Waals surface area (Å²) >= 11 is 0. The molecule has 1 fully saturated rings. The molecule has 6 heteroatoms. The van der Waals surface area contributed by atoms with Crippen molar-refractivity contribution in [3.8, 4) is 11.1 Å². The summed E-state index contributed by atoms with van der Waals surface area (Å²) in [6, 6.07) is 10.3. The van der Waals surface area contributed by atoms with Crippen molar-refractivity contribution in [2.24, 2.45) is 0 Å². The first-order valence-corrected chi connectivity index (χ1v) is 9.28. The first-order valence-electron chi connectivity index (χ1n) is 9.28. The van der Waals surface area contributed by atoms with Crippen molar-refractivity contribution in [1.29, 1.82) is 0 Å². The first kappa shape index (κ1) is 17.0. The minimum atomic E-state index is 0.257. The van der Waals surface area contributed by atoms with Gasteiger partial charge in [-0.1, -0.05) is 30.3 Å². The van der Waals surface area contributed by atoms with Crippen LogP contribution in [0.2, 0.25) is 0 Å². The molecule has 1 saturated heterocycles. The molecule has 0 aliphatic carbocycles. The van der Waals surface area contributed by atoms with Gasteiger partial charge in [0.2, 0.25) is 0 Å². The molecule has 26 heavy (non-hydrogen) atoms. The van der Waals surface area contributed by atoms with Crippen molar-refractivity contribution < 1.29 is 10.0 Å². The van der Waals surface area contributed by atoms with Crippen LogP contribution in [0.4, 0.5) is 5.82 Å². The van der Waals surface area contributed by atoms with Gasteiger partial charge in [0.1, 0.15) is 12.4 Å². The Kier molecular flexibility index (Phi) is 4.61. The Morgan fingerprint density at radius 1 is 1.12 bits per heavy atom. The molecule has 1 aliphatic heterocycles. The van der Waals surface area contributed by atoms with Crippen LogP contribution in [-0.4, -0.2) is 59.0 Å². The average molecular weight is 352 g/mol. The first-order chi connectivity index (χ1) is 12.7. The Morgan fingerprint density at radius 2 is 1.85 bits per heavy atom. The standard InChI is InChI=1S/C20H25N5O/c1-15-16(2)22-19-18(17-6-4-3-5-7-17)14-21-25(19)20(15)24-10-8-23(9-11-24)12-13-26/h3-7,14,26H,8-13H2,1-2H3/p+1. The van der Waals surface area contributed by atoms with Crippen LogP contribution >= 0.6 is 0 Å². The molecule has 0 atom stereocenters. The second-order valence-corrected chi connectivity index (χ2v) is 7.02. The van der Waals surface area contributed by atoms with Crippen molar-refractivity contribution in [1.82, 2.24) is 14.6 Å². The van der Waals surface area contributed by atoms with Crippen LogP contribution in [-0.2, 0) is 0 Å². The maximum Gasteiger partial charge on any atom is 0.165 e. The van der Waals surface area contributed by atoms with Crippen LogP contribution in [0.5, 0.6) is 0 Å². The number of rotatable bonds is 4. The monoisotopic (exact) mass is 352 g/mol. The van der Waals surface area contributed by atoms with Crippen molar-refractivity contribution in [3.05, 3.63) is 47.8 Å². The second-order valence-electron chi connectivity index (χ2n) is 7.02. The molecule has 2 aromatic heterocycles. The number of hydrogen-bond donors (Lipinski definition) is 2. The SMILES string of the molecule is Cc1nc2c(-c3ccccc3)cnn2c(N2CC[NH+](CCO)CC2)c1C. The highest BCUT2D eigenvalue weighted by Crippen LogP contribution is 2.29. The van der Waals surface area contributed by atoms with E-state index in [9.17, 15) is 5.11 Å². The fourth-order valence-corrected chi connectivity index (χ4v) is 3.80. The predicted octanol–water partition coefficient (Wildman–Crippen LogP) is 0.710. The lowest BCUT2D eigenvalue weighted by Gasteiger charge is -2.34. The smallest absolute Gasteiger partial charge is 0.165 e. The van der Waals surface area contributed by atoms with Crippen molar-refractivity contribution in [3.63, 3.8) is 0 Å². The maximum atomic E-state index is 9.18. The Morgan fingerprint density at radius 3 is 2.54 bits per heavy atom. The molecule has 6 nitrogen and oxygen atoms in total. The largest absolute Gasteiger partial charge is 0.391 e. The highest BCUT2D eigenvalue weighted by molar-refractivity contribution is 5.78. The molecule has 0 bridgehead atoms. The fraction of sp³-hybridized carbons (Fsp3) is 0.400. The topological polar surface area (TPSA) is 58.1 Å². The lowest BCUT2D eigenvalue weighted by Crippen LogP contribution is -3.15. The Hall–Kier alpha value is -2.44. The van der Waals surface area contributed by atoms with Gasteiger partial charge in [0, 0.05) is 16.8 Å². The number of anilines is 1. The summed E-state index contributed by atoms with van der Waals surface area (Å²) in [5.74, 6) is 1.15. The van der Waals surface area contributed by atoms with Gasteiger partial charge >= 0.3 is 0 Å². The van der Waals surface area contributed by atoms with Gasteiger partial charge in [0.05, 0.1) is 39.0 Å². The van der Waals surface area contributed by atoms with E-state index in [1.54, 1.807) is 0 Å². The number of aliphatic hydroxyl groups is 1. The quantitative estimate of drug-likeness (QED) is 0.726. The van der Waals surface area contributed by atoms with Gasteiger partial charge in [-0.05, 0) is 19.4 Å². The molecule has 3 aromatic rings. The lowest BCUT2D eigenvalue weighted by atomic mass is 10.1. The number of aliphatic hydroxyl groups excluding tert-OH is 1. The fourth-order valence-electron chi connectivity index (χ4n) is 3.80. The van der Waals surface area contributed by atoms with Crippen molar-refractivity contribution >= 4 is 11.5 Å². The molecule has 1 aromatic carbocycles. The lowest BCUT2D eigenvalue weighted by molar-refractivity contribution is -0.900. The van der Waals surface area contributed by atoms with Crippen LogP contribution in [0.15, 0.2) is 36.5 Å². The van der Waals surface area contributed by atoms with Crippen LogP contribution in [0, 0.1) is 13.8 Å². The van der Waals surface area contributed by atoms with E-state index in [4.69, 9.17) is 10.1 Å². The van der Waals surface area contributed by atoms with Gasteiger partial charge in [-0.15, -0.1) is 0 Å². The molecule has 0 amide bonds. The van der Waals surface area contributed by atoms with E-state index in [1.807, 2.05) is 28.9 Å². The van der Waals surface area contributed by atoms with Crippen LogP contribution in [0.3, 0.4) is 0 Å². The molecule has 0 unspecified atom stereocenters. The third kappa shape index (κ3) is 2.95. The van der Waals surface area contributed by atoms with E-state index in [0.29, 0.717) is 0 Å². The molecule has 1 aliphatic rings. The zero-order valence-electron chi connectivity index (χ0n) is 15.4. The Labute approximate surface area is 153 Å². The molecule has 0 radical (unpaired) electrons. The zero-order valence-corrected chi connectivity index (χ0v) is 15.4. The van der Waals surface area contributed by atoms with Crippen LogP contribution in [0.1, 0.15) is 11.3 Å². The van der Waals surface area contributed by atoms with Gasteiger partial charge < -0.3 is 14.9 Å². The number of nitrogens with one attached hydrogen (secondary N) is 1. The minimum absolute atomic E-state index is 0.257. The van der Waals surface area contributed by atoms with Crippen molar-refractivity contribution in [2.75, 3.05) is 44.2 Å². The van der Waals surface area contributed by atoms with E-state index >= 15 is 0 Å². The Bertz CT molecular complexity index is 897. The molecule has 4 rings (SSSR count). The van der Waals surface area contributed by atoms with Crippen LogP contribution < -0.4 is 9.80 Å². The summed E-state index contributed by atoms with van der Waals surface area (Å²) in [6.07, 6.45) is 1.92. The number of aryl methyl sites for hydroxylation is 1. The van der Waals surface area contributed by atoms with E-state index in [0.717, 1.165) is 61.0 Å². The van der Waals surface area contributed by atoms with E-state index in [2.05, 4.69) is 30.9 Å². The predicted molar refractivity (Wildman–Crippen MR) is 103 cm³/mol. The van der Waals surface area contributed by atoms with Gasteiger partial charge in [0.15, 0.2) is 5.65 Å². The summed E-state index contributed by atoms with van der Waals surface area (Å²) < 4.78 is 2.00. The molecule has 0 spiro atoms. The number of fused-ring (bicyclic) bond motifs is 1. The highest BCUT2D eigenvalue weighted by atomic mass is 16.3. The zero-order chi connectivity index (χ0) is 18.1. The minimum Gasteiger partial charge on any atom is -0.391 e. The molecular formula is C20H26N5O+. The number of quaternary nitrogens is 1.